The van der Waals surface area contributed by atoms with Gasteiger partial charge in [-0.15, -0.1) is 0 Å². The minimum atomic E-state index is -1.16. The van der Waals surface area contributed by atoms with E-state index in [0.717, 1.165) is 0 Å². The monoisotopic (exact) mass is 483 g/mol. The van der Waals surface area contributed by atoms with Gasteiger partial charge in [0, 0.05) is 12.2 Å². The van der Waals surface area contributed by atoms with Crippen molar-refractivity contribution in [3.63, 3.8) is 0 Å². The van der Waals surface area contributed by atoms with E-state index in [1.165, 1.54) is 4.90 Å². The van der Waals surface area contributed by atoms with E-state index < -0.39 is 35.0 Å². The highest BCUT2D eigenvalue weighted by Crippen LogP contribution is 2.63. The van der Waals surface area contributed by atoms with Crippen molar-refractivity contribution >= 4 is 40.7 Å². The number of aliphatic hydroxyl groups excluding tert-OH is 1. The predicted octanol–water partition coefficient (Wildman–Crippen LogP) is 2.67. The fraction of sp³-hybridized carbons (Fsp3) is 0.400. The summed E-state index contributed by atoms with van der Waals surface area (Å²) < 4.78 is 6.49. The molecule has 8 nitrogen and oxygen atoms in total. The maximum absolute atomic E-state index is 13.7. The quantitative estimate of drug-likeness (QED) is 0.585. The van der Waals surface area contributed by atoms with E-state index in [-0.39, 0.29) is 25.0 Å². The van der Waals surface area contributed by atoms with Crippen LogP contribution in [0.3, 0.4) is 0 Å². The zero-order valence-electron chi connectivity index (χ0n) is 18.7. The molecule has 5 rings (SSSR count). The SMILES string of the molecule is C[C@]12CCC3(O1)C(C(=O)Nc1ccccc1Cl)N(CCO)C(=O)[C@@H]3[C@H]2C(=O)Nc1ccccc1. The number of halogens is 1. The van der Waals surface area contributed by atoms with Gasteiger partial charge in [-0.05, 0) is 44.0 Å². The molecule has 2 aromatic rings. The smallest absolute Gasteiger partial charge is 0.250 e. The second kappa shape index (κ2) is 8.37. The Bertz CT molecular complexity index is 1140. The molecule has 0 aliphatic carbocycles. The van der Waals surface area contributed by atoms with Gasteiger partial charge in [-0.25, -0.2) is 0 Å². The molecule has 3 fully saturated rings. The lowest BCUT2D eigenvalue weighted by Gasteiger charge is -2.33. The van der Waals surface area contributed by atoms with E-state index >= 15 is 0 Å². The summed E-state index contributed by atoms with van der Waals surface area (Å²) in [5, 5.41) is 15.8. The van der Waals surface area contributed by atoms with E-state index in [0.29, 0.717) is 29.2 Å². The normalized spacial score (nSPS) is 31.4. The van der Waals surface area contributed by atoms with Gasteiger partial charge in [-0.2, -0.15) is 0 Å². The molecular formula is C25H26ClN3O5. The summed E-state index contributed by atoms with van der Waals surface area (Å²) in [5.41, 5.74) is -1.00. The number of nitrogens with one attached hydrogen (secondary N) is 2. The first-order valence-electron chi connectivity index (χ1n) is 11.3. The van der Waals surface area contributed by atoms with Gasteiger partial charge in [-0.3, -0.25) is 14.4 Å². The van der Waals surface area contributed by atoms with Gasteiger partial charge in [0.15, 0.2) is 0 Å². The van der Waals surface area contributed by atoms with E-state index in [4.69, 9.17) is 16.3 Å². The van der Waals surface area contributed by atoms with E-state index in [1.807, 2.05) is 25.1 Å². The number of benzene rings is 2. The van der Waals surface area contributed by atoms with Crippen molar-refractivity contribution in [2.24, 2.45) is 11.8 Å². The van der Waals surface area contributed by atoms with Crippen LogP contribution in [0.1, 0.15) is 19.8 Å². The van der Waals surface area contributed by atoms with Crippen LogP contribution < -0.4 is 10.6 Å². The first kappa shape index (κ1) is 22.8. The highest BCUT2D eigenvalue weighted by Gasteiger charge is 2.77. The summed E-state index contributed by atoms with van der Waals surface area (Å²) >= 11 is 6.23. The van der Waals surface area contributed by atoms with Crippen molar-refractivity contribution in [2.45, 2.75) is 37.0 Å². The van der Waals surface area contributed by atoms with Gasteiger partial charge >= 0.3 is 0 Å². The summed E-state index contributed by atoms with van der Waals surface area (Å²) in [6.07, 6.45) is 0.990. The maximum Gasteiger partial charge on any atom is 0.250 e. The first-order chi connectivity index (χ1) is 16.3. The van der Waals surface area contributed by atoms with Crippen LogP contribution in [0.4, 0.5) is 11.4 Å². The third-order valence-corrected chi connectivity index (χ3v) is 7.65. The number of amides is 3. The zero-order chi connectivity index (χ0) is 24.1. The third kappa shape index (κ3) is 3.40. The fourth-order valence-electron chi connectivity index (χ4n) is 5.98. The van der Waals surface area contributed by atoms with Crippen LogP contribution in [-0.4, -0.2) is 58.1 Å². The Labute approximate surface area is 202 Å². The molecular weight excluding hydrogens is 458 g/mol. The van der Waals surface area contributed by atoms with Crippen LogP contribution in [0.15, 0.2) is 54.6 Å². The van der Waals surface area contributed by atoms with Crippen LogP contribution in [-0.2, 0) is 19.1 Å². The van der Waals surface area contributed by atoms with Crippen molar-refractivity contribution in [1.82, 2.24) is 4.90 Å². The molecule has 3 amide bonds. The second-order valence-electron chi connectivity index (χ2n) is 9.31. The van der Waals surface area contributed by atoms with Gasteiger partial charge in [-0.1, -0.05) is 41.9 Å². The lowest BCUT2D eigenvalue weighted by molar-refractivity contribution is -0.143. The van der Waals surface area contributed by atoms with Crippen LogP contribution in [0.25, 0.3) is 0 Å². The molecule has 3 aliphatic rings. The summed E-state index contributed by atoms with van der Waals surface area (Å²) in [4.78, 5) is 42.0. The third-order valence-electron chi connectivity index (χ3n) is 7.32. The molecule has 3 aliphatic heterocycles. The number of ether oxygens (including phenoxy) is 1. The molecule has 34 heavy (non-hydrogen) atoms. The number of β-amino-alcohol motifs (C(OH)–C–C–N with tert-alkyl or cyclic N) is 1. The van der Waals surface area contributed by atoms with Gasteiger partial charge in [0.1, 0.15) is 11.6 Å². The van der Waals surface area contributed by atoms with Crippen molar-refractivity contribution in [3.8, 4) is 0 Å². The number of anilines is 2. The topological polar surface area (TPSA) is 108 Å². The molecule has 0 saturated carbocycles. The first-order valence-corrected chi connectivity index (χ1v) is 11.7. The maximum atomic E-state index is 13.7. The van der Waals surface area contributed by atoms with Crippen LogP contribution in [0.5, 0.6) is 0 Å². The number of hydrogen-bond acceptors (Lipinski definition) is 5. The number of aliphatic hydroxyl groups is 1. The Morgan fingerprint density at radius 2 is 1.79 bits per heavy atom. The molecule has 0 radical (unpaired) electrons. The van der Waals surface area contributed by atoms with Gasteiger partial charge in [0.05, 0.1) is 34.8 Å². The average molecular weight is 484 g/mol. The van der Waals surface area contributed by atoms with Crippen LogP contribution >= 0.6 is 11.6 Å². The van der Waals surface area contributed by atoms with E-state index in [9.17, 15) is 19.5 Å². The standard InChI is InChI=1S/C25H26ClN3O5/c1-24-11-12-25(34-24)19(18(24)21(31)27-15-7-3-2-4-8-15)23(33)29(13-14-30)20(25)22(32)28-17-10-6-5-9-16(17)26/h2-10,18-20,30H,11-14H2,1H3,(H,27,31)(H,28,32)/t18-,19-,20?,24+,25?/m0/s1. The molecule has 0 aromatic heterocycles. The van der Waals surface area contributed by atoms with Gasteiger partial charge in [0.2, 0.25) is 17.7 Å². The van der Waals surface area contributed by atoms with Crippen molar-refractivity contribution in [1.29, 1.82) is 0 Å². The Hall–Kier alpha value is -2.94. The zero-order valence-corrected chi connectivity index (χ0v) is 19.4. The number of carbonyl (C=O) groups is 3. The Balaban J connectivity index is 1.50. The number of rotatable bonds is 6. The summed E-state index contributed by atoms with van der Waals surface area (Å²) in [5.74, 6) is -2.72. The summed E-state index contributed by atoms with van der Waals surface area (Å²) in [7, 11) is 0. The average Bonchev–Trinajstić information content (AvgIpc) is 3.37. The van der Waals surface area contributed by atoms with E-state index in [2.05, 4.69) is 10.6 Å². The number of hydrogen-bond donors (Lipinski definition) is 3. The molecule has 2 unspecified atom stereocenters. The molecule has 5 atom stereocenters. The lowest BCUT2D eigenvalue weighted by Crippen LogP contribution is -2.53. The van der Waals surface area contributed by atoms with Crippen molar-refractivity contribution in [3.05, 3.63) is 59.6 Å². The Kier molecular flexibility index (Phi) is 5.62. The largest absolute Gasteiger partial charge is 0.395 e. The number of para-hydroxylation sites is 2. The predicted molar refractivity (Wildman–Crippen MR) is 126 cm³/mol. The Morgan fingerprint density at radius 3 is 2.50 bits per heavy atom. The minimum absolute atomic E-state index is 0.0369. The number of fused-ring (bicyclic) bond motifs is 1. The molecule has 2 bridgehead atoms. The molecule has 2 aromatic carbocycles. The highest BCUT2D eigenvalue weighted by molar-refractivity contribution is 6.33. The molecule has 9 heteroatoms. The minimum Gasteiger partial charge on any atom is -0.395 e. The molecule has 3 heterocycles. The molecule has 3 saturated heterocycles. The van der Waals surface area contributed by atoms with E-state index in [1.54, 1.807) is 36.4 Å². The van der Waals surface area contributed by atoms with Crippen LogP contribution in [0.2, 0.25) is 5.02 Å². The van der Waals surface area contributed by atoms with Crippen molar-refractivity contribution in [2.75, 3.05) is 23.8 Å². The number of likely N-dealkylation sites (tertiary alicyclic amines) is 1. The lowest BCUT2D eigenvalue weighted by atomic mass is 9.66. The fourth-order valence-corrected chi connectivity index (χ4v) is 6.16. The van der Waals surface area contributed by atoms with Crippen molar-refractivity contribution < 1.29 is 24.2 Å². The molecule has 3 N–H and O–H groups in total. The highest BCUT2D eigenvalue weighted by atomic mass is 35.5. The van der Waals surface area contributed by atoms with Gasteiger partial charge < -0.3 is 25.4 Å². The number of carbonyl (C=O) groups excluding carboxylic acids is 3. The Morgan fingerprint density at radius 1 is 1.09 bits per heavy atom. The van der Waals surface area contributed by atoms with Crippen LogP contribution in [0, 0.1) is 11.8 Å². The summed E-state index contributed by atoms with van der Waals surface area (Å²) in [6, 6.07) is 14.9. The van der Waals surface area contributed by atoms with Gasteiger partial charge in [0.25, 0.3) is 0 Å². The molecule has 1 spiro atoms. The number of nitrogens with zero attached hydrogens (tertiary/aromatic N) is 1. The molecule has 178 valence electrons. The second-order valence-corrected chi connectivity index (χ2v) is 9.71. The summed E-state index contributed by atoms with van der Waals surface area (Å²) in [6.45, 7) is 1.48.